The van der Waals surface area contributed by atoms with E-state index in [1.807, 2.05) is 0 Å². The second kappa shape index (κ2) is 5.93. The number of benzene rings is 1. The van der Waals surface area contributed by atoms with E-state index >= 15 is 0 Å². The lowest BCUT2D eigenvalue weighted by molar-refractivity contribution is 0.0254. The predicted molar refractivity (Wildman–Crippen MR) is 76.0 cm³/mol. The van der Waals surface area contributed by atoms with Crippen LogP contribution in [0.15, 0.2) is 24.3 Å². The highest BCUT2D eigenvalue weighted by Crippen LogP contribution is 2.28. The summed E-state index contributed by atoms with van der Waals surface area (Å²) >= 11 is 0. The first-order valence-corrected chi connectivity index (χ1v) is 6.56. The van der Waals surface area contributed by atoms with E-state index in [9.17, 15) is 4.79 Å². The van der Waals surface area contributed by atoms with Crippen LogP contribution in [0, 0.1) is 5.41 Å². The van der Waals surface area contributed by atoms with Crippen LogP contribution in [0.25, 0.3) is 0 Å². The Labute approximate surface area is 113 Å². The average molecular weight is 263 g/mol. The molecule has 2 amide bonds. The summed E-state index contributed by atoms with van der Waals surface area (Å²) in [5, 5.41) is 5.71. The molecule has 0 unspecified atom stereocenters. The summed E-state index contributed by atoms with van der Waals surface area (Å²) in [4.78, 5) is 11.8. The van der Waals surface area contributed by atoms with Crippen molar-refractivity contribution >= 4 is 17.4 Å². The van der Waals surface area contributed by atoms with Gasteiger partial charge in [0.25, 0.3) is 0 Å². The normalized spacial score (nSPS) is 17.7. The lowest BCUT2D eigenvalue weighted by Gasteiger charge is -2.33. The van der Waals surface area contributed by atoms with Crippen molar-refractivity contribution < 1.29 is 9.53 Å². The molecule has 0 radical (unpaired) electrons. The van der Waals surface area contributed by atoms with Crippen molar-refractivity contribution in [1.29, 1.82) is 0 Å². The number of amides is 2. The highest BCUT2D eigenvalue weighted by molar-refractivity contribution is 5.89. The SMILES string of the molecule is CC1(CNC(=O)Nc2ccc(N)cc2)CCOCC1. The molecule has 5 heteroatoms. The second-order valence-corrected chi connectivity index (χ2v) is 5.35. The Morgan fingerprint density at radius 1 is 1.32 bits per heavy atom. The number of rotatable bonds is 3. The van der Waals surface area contributed by atoms with Crippen LogP contribution in [0.5, 0.6) is 0 Å². The third-order valence-electron chi connectivity index (χ3n) is 3.54. The van der Waals surface area contributed by atoms with Crippen molar-refractivity contribution in [1.82, 2.24) is 5.32 Å². The number of urea groups is 1. The van der Waals surface area contributed by atoms with Gasteiger partial charge in [-0.15, -0.1) is 0 Å². The van der Waals surface area contributed by atoms with Crippen LogP contribution in [-0.2, 0) is 4.74 Å². The second-order valence-electron chi connectivity index (χ2n) is 5.35. The molecule has 1 saturated heterocycles. The quantitative estimate of drug-likeness (QED) is 0.732. The average Bonchev–Trinajstić information content (AvgIpc) is 2.40. The van der Waals surface area contributed by atoms with Gasteiger partial charge in [-0.05, 0) is 42.5 Å². The number of hydrogen-bond donors (Lipinski definition) is 3. The molecule has 0 saturated carbocycles. The number of carbonyl (C=O) groups is 1. The van der Waals surface area contributed by atoms with E-state index in [4.69, 9.17) is 10.5 Å². The molecule has 4 N–H and O–H groups in total. The summed E-state index contributed by atoms with van der Waals surface area (Å²) in [6.45, 7) is 4.39. The zero-order chi connectivity index (χ0) is 13.7. The molecule has 0 spiro atoms. The van der Waals surface area contributed by atoms with E-state index in [0.29, 0.717) is 12.2 Å². The number of hydrogen-bond acceptors (Lipinski definition) is 3. The van der Waals surface area contributed by atoms with Gasteiger partial charge in [-0.3, -0.25) is 0 Å². The Morgan fingerprint density at radius 2 is 1.95 bits per heavy atom. The fourth-order valence-corrected chi connectivity index (χ4v) is 2.08. The first-order chi connectivity index (χ1) is 9.07. The van der Waals surface area contributed by atoms with Crippen LogP contribution in [0.2, 0.25) is 0 Å². The first-order valence-electron chi connectivity index (χ1n) is 6.56. The molecule has 1 fully saturated rings. The van der Waals surface area contributed by atoms with Crippen LogP contribution in [0.4, 0.5) is 16.2 Å². The summed E-state index contributed by atoms with van der Waals surface area (Å²) in [6, 6.07) is 6.90. The van der Waals surface area contributed by atoms with Crippen molar-refractivity contribution in [2.45, 2.75) is 19.8 Å². The fourth-order valence-electron chi connectivity index (χ4n) is 2.08. The minimum absolute atomic E-state index is 0.136. The molecule has 5 nitrogen and oxygen atoms in total. The summed E-state index contributed by atoms with van der Waals surface area (Å²) in [6.07, 6.45) is 1.96. The van der Waals surface area contributed by atoms with Gasteiger partial charge in [0.2, 0.25) is 0 Å². The van der Waals surface area contributed by atoms with E-state index in [1.54, 1.807) is 24.3 Å². The smallest absolute Gasteiger partial charge is 0.319 e. The van der Waals surface area contributed by atoms with Crippen molar-refractivity contribution in [3.05, 3.63) is 24.3 Å². The molecule has 0 atom stereocenters. The largest absolute Gasteiger partial charge is 0.399 e. The molecule has 104 valence electrons. The van der Waals surface area contributed by atoms with Crippen LogP contribution in [-0.4, -0.2) is 25.8 Å². The van der Waals surface area contributed by atoms with E-state index in [1.165, 1.54) is 0 Å². The minimum Gasteiger partial charge on any atom is -0.399 e. The molecule has 19 heavy (non-hydrogen) atoms. The van der Waals surface area contributed by atoms with Crippen molar-refractivity contribution in [3.63, 3.8) is 0 Å². The highest BCUT2D eigenvalue weighted by Gasteiger charge is 2.27. The van der Waals surface area contributed by atoms with Crippen LogP contribution < -0.4 is 16.4 Å². The third-order valence-corrected chi connectivity index (χ3v) is 3.54. The number of anilines is 2. The Hall–Kier alpha value is -1.75. The zero-order valence-electron chi connectivity index (χ0n) is 11.2. The van der Waals surface area contributed by atoms with E-state index in [2.05, 4.69) is 17.6 Å². The topological polar surface area (TPSA) is 76.4 Å². The summed E-state index contributed by atoms with van der Waals surface area (Å²) < 4.78 is 5.34. The fraction of sp³-hybridized carbons (Fsp3) is 0.500. The molecule has 1 aliphatic rings. The maximum absolute atomic E-state index is 11.8. The number of nitrogens with one attached hydrogen (secondary N) is 2. The number of carbonyl (C=O) groups excluding carboxylic acids is 1. The van der Waals surface area contributed by atoms with Gasteiger partial charge in [-0.2, -0.15) is 0 Å². The Kier molecular flexibility index (Phi) is 4.27. The highest BCUT2D eigenvalue weighted by atomic mass is 16.5. The van der Waals surface area contributed by atoms with E-state index in [-0.39, 0.29) is 11.4 Å². The molecule has 0 aromatic heterocycles. The van der Waals surface area contributed by atoms with Crippen LogP contribution >= 0.6 is 0 Å². The van der Waals surface area contributed by atoms with Gasteiger partial charge >= 0.3 is 6.03 Å². The minimum atomic E-state index is -0.183. The van der Waals surface area contributed by atoms with Crippen molar-refractivity contribution in [2.24, 2.45) is 5.41 Å². The van der Waals surface area contributed by atoms with E-state index < -0.39 is 0 Å². The van der Waals surface area contributed by atoms with E-state index in [0.717, 1.165) is 31.7 Å². The lowest BCUT2D eigenvalue weighted by atomic mass is 9.82. The third kappa shape index (κ3) is 4.13. The van der Waals surface area contributed by atoms with Gasteiger partial charge in [0.1, 0.15) is 0 Å². The Bertz CT molecular complexity index is 425. The summed E-state index contributed by atoms with van der Waals surface area (Å²) in [5.41, 5.74) is 7.15. The molecular weight excluding hydrogens is 242 g/mol. The summed E-state index contributed by atoms with van der Waals surface area (Å²) in [7, 11) is 0. The predicted octanol–water partition coefficient (Wildman–Crippen LogP) is 2.21. The van der Waals surface area contributed by atoms with Gasteiger partial charge in [0, 0.05) is 31.1 Å². The number of ether oxygens (including phenoxy) is 1. The van der Waals surface area contributed by atoms with Gasteiger partial charge < -0.3 is 21.1 Å². The molecule has 1 heterocycles. The van der Waals surface area contributed by atoms with Gasteiger partial charge in [0.05, 0.1) is 0 Å². The zero-order valence-corrected chi connectivity index (χ0v) is 11.2. The van der Waals surface area contributed by atoms with Crippen molar-refractivity contribution in [2.75, 3.05) is 30.8 Å². The maximum Gasteiger partial charge on any atom is 0.319 e. The molecule has 1 aromatic rings. The van der Waals surface area contributed by atoms with Crippen LogP contribution in [0.3, 0.4) is 0 Å². The molecule has 1 aliphatic heterocycles. The van der Waals surface area contributed by atoms with Gasteiger partial charge in [0.15, 0.2) is 0 Å². The monoisotopic (exact) mass is 263 g/mol. The molecule has 0 aliphatic carbocycles. The molecule has 0 bridgehead atoms. The van der Waals surface area contributed by atoms with Gasteiger partial charge in [-0.25, -0.2) is 4.79 Å². The molecule has 1 aromatic carbocycles. The number of nitrogen functional groups attached to an aromatic ring is 1. The Morgan fingerprint density at radius 3 is 2.58 bits per heavy atom. The Balaban J connectivity index is 1.79. The standard InChI is InChI=1S/C14H21N3O2/c1-14(6-8-19-9-7-14)10-16-13(18)17-12-4-2-11(15)3-5-12/h2-5H,6-10,15H2,1H3,(H2,16,17,18). The summed E-state index contributed by atoms with van der Waals surface area (Å²) in [5.74, 6) is 0. The molecule has 2 rings (SSSR count). The van der Waals surface area contributed by atoms with Crippen LogP contribution in [0.1, 0.15) is 19.8 Å². The lowest BCUT2D eigenvalue weighted by Crippen LogP contribution is -2.41. The molecular formula is C14H21N3O2. The van der Waals surface area contributed by atoms with Crippen molar-refractivity contribution in [3.8, 4) is 0 Å². The maximum atomic E-state index is 11.8. The number of nitrogens with two attached hydrogens (primary N) is 1. The van der Waals surface area contributed by atoms with Gasteiger partial charge in [-0.1, -0.05) is 6.92 Å². The first kappa shape index (κ1) is 13.7.